The number of aliphatic carboxylic acids is 1. The van der Waals surface area contributed by atoms with Gasteiger partial charge in [-0.2, -0.15) is 5.10 Å². The summed E-state index contributed by atoms with van der Waals surface area (Å²) in [6, 6.07) is 3.37. The van der Waals surface area contributed by atoms with Crippen molar-refractivity contribution in [2.75, 3.05) is 0 Å². The number of carbonyl (C=O) groups excluding carboxylic acids is 2. The number of hydrogen-bond acceptors (Lipinski definition) is 6. The van der Waals surface area contributed by atoms with Crippen LogP contribution in [0.15, 0.2) is 26.1 Å². The maximum Gasteiger partial charge on any atom is 0.274 e. The van der Waals surface area contributed by atoms with Crippen LogP contribution in [-0.4, -0.2) is 17.6 Å². The van der Waals surface area contributed by atoms with E-state index in [-0.39, 0.29) is 18.7 Å². The van der Waals surface area contributed by atoms with Crippen molar-refractivity contribution in [1.82, 2.24) is 5.43 Å². The highest BCUT2D eigenvalue weighted by atomic mass is 16.4. The number of carbonyl (C=O) groups is 2. The number of hydrazone groups is 1. The van der Waals surface area contributed by atoms with E-state index >= 15 is 0 Å². The summed E-state index contributed by atoms with van der Waals surface area (Å²) in [7, 11) is 0. The normalized spacial score (nSPS) is 11.6. The van der Waals surface area contributed by atoms with Gasteiger partial charge in [0.05, 0.1) is 11.3 Å². The fourth-order valence-corrected chi connectivity index (χ4v) is 2.36. The van der Waals surface area contributed by atoms with E-state index < -0.39 is 5.97 Å². The molecule has 2 heterocycles. The van der Waals surface area contributed by atoms with Gasteiger partial charge in [-0.15, -0.1) is 0 Å². The quantitative estimate of drug-likeness (QED) is 0.639. The van der Waals surface area contributed by atoms with Gasteiger partial charge in [0, 0.05) is 18.0 Å². The minimum absolute atomic E-state index is 0.113. The molecule has 0 aliphatic rings. The van der Waals surface area contributed by atoms with Crippen LogP contribution in [0.25, 0.3) is 0 Å². The Bertz CT molecular complexity index is 798. The third-order valence-electron chi connectivity index (χ3n) is 3.54. The minimum atomic E-state index is -1.13. The average Bonchev–Trinajstić information content (AvgIpc) is 3.04. The van der Waals surface area contributed by atoms with Gasteiger partial charge in [0.15, 0.2) is 0 Å². The molecule has 0 aliphatic carbocycles. The third kappa shape index (κ3) is 4.13. The Morgan fingerprint density at radius 1 is 1.12 bits per heavy atom. The summed E-state index contributed by atoms with van der Waals surface area (Å²) in [5.74, 6) is 0.836. The number of aryl methyl sites for hydroxylation is 4. The smallest absolute Gasteiger partial charge is 0.274 e. The third-order valence-corrected chi connectivity index (χ3v) is 3.54. The van der Waals surface area contributed by atoms with Crippen molar-refractivity contribution >= 4 is 17.6 Å². The molecule has 0 fully saturated rings. The molecular formula is C17H19N2O5-. The molecule has 0 saturated carbocycles. The van der Waals surface area contributed by atoms with Gasteiger partial charge in [-0.1, -0.05) is 0 Å². The Kier molecular flexibility index (Phi) is 5.23. The first kappa shape index (κ1) is 17.5. The zero-order valence-electron chi connectivity index (χ0n) is 14.1. The summed E-state index contributed by atoms with van der Waals surface area (Å²) in [4.78, 5) is 22.6. The van der Waals surface area contributed by atoms with Crippen LogP contribution in [0, 0.1) is 20.8 Å². The van der Waals surface area contributed by atoms with Gasteiger partial charge in [0.1, 0.15) is 23.0 Å². The van der Waals surface area contributed by atoms with Crippen molar-refractivity contribution < 1.29 is 23.5 Å². The second kappa shape index (κ2) is 7.16. The molecule has 1 N–H and O–H groups in total. The summed E-state index contributed by atoms with van der Waals surface area (Å²) in [5.41, 5.74) is 4.18. The van der Waals surface area contributed by atoms with Crippen molar-refractivity contribution in [1.29, 1.82) is 0 Å². The van der Waals surface area contributed by atoms with Crippen LogP contribution in [0.5, 0.6) is 0 Å². The van der Waals surface area contributed by atoms with E-state index in [1.807, 2.05) is 0 Å². The lowest BCUT2D eigenvalue weighted by atomic mass is 10.1. The molecule has 7 heteroatoms. The highest BCUT2D eigenvalue weighted by Crippen LogP contribution is 2.17. The zero-order chi connectivity index (χ0) is 17.9. The number of carboxylic acid groups (broad SMARTS) is 1. The Morgan fingerprint density at radius 3 is 2.38 bits per heavy atom. The van der Waals surface area contributed by atoms with Crippen molar-refractivity contribution in [2.45, 2.75) is 40.5 Å². The zero-order valence-corrected chi connectivity index (χ0v) is 14.1. The highest BCUT2D eigenvalue weighted by Gasteiger charge is 2.14. The Morgan fingerprint density at radius 2 is 1.79 bits per heavy atom. The van der Waals surface area contributed by atoms with E-state index in [2.05, 4.69) is 10.5 Å². The molecule has 128 valence electrons. The lowest BCUT2D eigenvalue weighted by molar-refractivity contribution is -0.305. The van der Waals surface area contributed by atoms with E-state index in [9.17, 15) is 14.7 Å². The standard InChI is InChI=1S/C17H20N2O5/c1-9-7-15(12(4)23-9)17(22)19-18-10(2)14-8-13(24-11(14)3)5-6-16(20)21/h7-8H,5-6H2,1-4H3,(H,19,22)(H,20,21)/p-1/b18-10-. The van der Waals surface area contributed by atoms with Gasteiger partial charge < -0.3 is 18.7 Å². The van der Waals surface area contributed by atoms with Crippen LogP contribution < -0.4 is 10.5 Å². The summed E-state index contributed by atoms with van der Waals surface area (Å²) < 4.78 is 10.8. The molecule has 0 saturated heterocycles. The van der Waals surface area contributed by atoms with E-state index in [1.165, 1.54) is 0 Å². The molecule has 0 aromatic carbocycles. The lowest BCUT2D eigenvalue weighted by Gasteiger charge is -2.01. The number of furan rings is 2. The predicted octanol–water partition coefficient (Wildman–Crippen LogP) is 1.63. The van der Waals surface area contributed by atoms with Gasteiger partial charge >= 0.3 is 0 Å². The van der Waals surface area contributed by atoms with Gasteiger partial charge in [-0.05, 0) is 46.2 Å². The van der Waals surface area contributed by atoms with E-state index in [4.69, 9.17) is 8.83 Å². The molecule has 24 heavy (non-hydrogen) atoms. The molecule has 0 unspecified atom stereocenters. The number of rotatable bonds is 6. The summed E-state index contributed by atoms with van der Waals surface area (Å²) >= 11 is 0. The van der Waals surface area contributed by atoms with Crippen LogP contribution in [0.4, 0.5) is 0 Å². The number of hydrogen-bond donors (Lipinski definition) is 1. The van der Waals surface area contributed by atoms with Gasteiger partial charge in [0.25, 0.3) is 5.91 Å². The molecular weight excluding hydrogens is 312 g/mol. The number of nitrogens with zero attached hydrogens (tertiary/aromatic N) is 1. The van der Waals surface area contributed by atoms with Gasteiger partial charge in [-0.3, -0.25) is 4.79 Å². The molecule has 0 atom stereocenters. The van der Waals surface area contributed by atoms with Crippen molar-refractivity contribution in [2.24, 2.45) is 5.10 Å². The van der Waals surface area contributed by atoms with Crippen molar-refractivity contribution in [3.05, 3.63) is 46.3 Å². The number of nitrogens with one attached hydrogen (secondary N) is 1. The van der Waals surface area contributed by atoms with Gasteiger partial charge in [-0.25, -0.2) is 5.43 Å². The minimum Gasteiger partial charge on any atom is -0.550 e. The monoisotopic (exact) mass is 331 g/mol. The Labute approximate surface area is 139 Å². The van der Waals surface area contributed by atoms with Crippen LogP contribution in [0.1, 0.15) is 52.3 Å². The molecule has 0 spiro atoms. The number of carboxylic acids is 1. The molecule has 7 nitrogen and oxygen atoms in total. The van der Waals surface area contributed by atoms with Crippen LogP contribution in [-0.2, 0) is 11.2 Å². The first-order valence-corrected chi connectivity index (χ1v) is 7.49. The average molecular weight is 331 g/mol. The van der Waals surface area contributed by atoms with Crippen LogP contribution in [0.3, 0.4) is 0 Å². The molecule has 0 bridgehead atoms. The van der Waals surface area contributed by atoms with Crippen LogP contribution >= 0.6 is 0 Å². The predicted molar refractivity (Wildman–Crippen MR) is 84.6 cm³/mol. The largest absolute Gasteiger partial charge is 0.550 e. The number of amides is 1. The molecule has 2 aromatic rings. The molecule has 2 aromatic heterocycles. The summed E-state index contributed by atoms with van der Waals surface area (Å²) in [6.07, 6.45) is 0.134. The maximum atomic E-state index is 12.1. The second-order valence-electron chi connectivity index (χ2n) is 5.52. The molecule has 0 radical (unpaired) electrons. The van der Waals surface area contributed by atoms with E-state index in [0.29, 0.717) is 39.9 Å². The molecule has 1 amide bonds. The fourth-order valence-electron chi connectivity index (χ4n) is 2.36. The summed E-state index contributed by atoms with van der Waals surface area (Å²) in [6.45, 7) is 6.96. The topological polar surface area (TPSA) is 108 Å². The fraction of sp³-hybridized carbons (Fsp3) is 0.353. The molecule has 2 rings (SSSR count). The van der Waals surface area contributed by atoms with Crippen molar-refractivity contribution in [3.8, 4) is 0 Å². The van der Waals surface area contributed by atoms with Crippen LogP contribution in [0.2, 0.25) is 0 Å². The first-order chi connectivity index (χ1) is 11.3. The maximum absolute atomic E-state index is 12.1. The van der Waals surface area contributed by atoms with E-state index in [0.717, 1.165) is 0 Å². The molecule has 0 aliphatic heterocycles. The Hall–Kier alpha value is -2.83. The van der Waals surface area contributed by atoms with E-state index in [1.54, 1.807) is 39.8 Å². The van der Waals surface area contributed by atoms with Crippen molar-refractivity contribution in [3.63, 3.8) is 0 Å². The SMILES string of the molecule is C/C(=N/NC(=O)c1cc(C)oc1C)c1cc(CCC(=O)[O-])oc1C. The summed E-state index contributed by atoms with van der Waals surface area (Å²) in [5, 5.41) is 14.6. The second-order valence-corrected chi connectivity index (χ2v) is 5.52. The van der Waals surface area contributed by atoms with Gasteiger partial charge in [0.2, 0.25) is 0 Å². The first-order valence-electron chi connectivity index (χ1n) is 7.49. The Balaban J connectivity index is 2.09. The lowest BCUT2D eigenvalue weighted by Crippen LogP contribution is -2.22. The highest BCUT2D eigenvalue weighted by molar-refractivity contribution is 6.01.